The van der Waals surface area contributed by atoms with Crippen LogP contribution >= 0.6 is 0 Å². The van der Waals surface area contributed by atoms with E-state index in [9.17, 15) is 9.18 Å². The minimum Gasteiger partial charge on any atom is -0.329 e. The number of piperazine rings is 1. The highest BCUT2D eigenvalue weighted by atomic mass is 19.1. The summed E-state index contributed by atoms with van der Waals surface area (Å²) in [5.41, 5.74) is 6.16. The lowest BCUT2D eigenvalue weighted by Gasteiger charge is -2.42. The molecule has 0 bridgehead atoms. The second kappa shape index (κ2) is 5.27. The van der Waals surface area contributed by atoms with E-state index in [2.05, 4.69) is 4.90 Å². The van der Waals surface area contributed by atoms with Crippen molar-refractivity contribution >= 4 is 11.6 Å². The predicted molar refractivity (Wildman–Crippen MR) is 73.5 cm³/mol. The summed E-state index contributed by atoms with van der Waals surface area (Å²) in [7, 11) is 0. The molecule has 0 aliphatic carbocycles. The smallest absolute Gasteiger partial charge is 0.241 e. The molecule has 0 spiro atoms. The molecule has 2 rings (SSSR count). The van der Waals surface area contributed by atoms with Gasteiger partial charge in [-0.15, -0.1) is 0 Å². The molecule has 4 nitrogen and oxygen atoms in total. The van der Waals surface area contributed by atoms with Gasteiger partial charge in [-0.3, -0.25) is 9.69 Å². The van der Waals surface area contributed by atoms with Gasteiger partial charge in [0.25, 0.3) is 0 Å². The summed E-state index contributed by atoms with van der Waals surface area (Å²) < 4.78 is 13.2. The fourth-order valence-corrected chi connectivity index (χ4v) is 2.24. The van der Waals surface area contributed by atoms with Gasteiger partial charge in [-0.1, -0.05) is 6.07 Å². The van der Waals surface area contributed by atoms with E-state index >= 15 is 0 Å². The number of carbonyl (C=O) groups is 1. The molecule has 0 saturated carbocycles. The Balaban J connectivity index is 2.12. The van der Waals surface area contributed by atoms with E-state index in [1.54, 1.807) is 17.0 Å². The van der Waals surface area contributed by atoms with Gasteiger partial charge in [0.2, 0.25) is 5.91 Å². The van der Waals surface area contributed by atoms with Crippen molar-refractivity contribution < 1.29 is 9.18 Å². The van der Waals surface area contributed by atoms with Crippen LogP contribution in [0.1, 0.15) is 13.8 Å². The lowest BCUT2D eigenvalue weighted by Crippen LogP contribution is -2.59. The van der Waals surface area contributed by atoms with Crippen LogP contribution in [0.2, 0.25) is 0 Å². The highest BCUT2D eigenvalue weighted by molar-refractivity contribution is 5.95. The molecule has 5 heteroatoms. The SMILES string of the molecule is CC(C)(CN)N1CCN(c2cccc(F)c2)C(=O)C1. The van der Waals surface area contributed by atoms with Crippen molar-refractivity contribution in [1.29, 1.82) is 0 Å². The first-order valence-corrected chi connectivity index (χ1v) is 6.45. The van der Waals surface area contributed by atoms with Crippen LogP contribution in [-0.4, -0.2) is 42.5 Å². The topological polar surface area (TPSA) is 49.6 Å². The van der Waals surface area contributed by atoms with Gasteiger partial charge in [0, 0.05) is 30.9 Å². The summed E-state index contributed by atoms with van der Waals surface area (Å²) in [5, 5.41) is 0. The number of nitrogens with zero attached hydrogens (tertiary/aromatic N) is 2. The highest BCUT2D eigenvalue weighted by Crippen LogP contribution is 2.21. The van der Waals surface area contributed by atoms with Crippen molar-refractivity contribution in [3.63, 3.8) is 0 Å². The molecule has 1 aliphatic rings. The largest absolute Gasteiger partial charge is 0.329 e. The van der Waals surface area contributed by atoms with Crippen molar-refractivity contribution in [2.45, 2.75) is 19.4 Å². The summed E-state index contributed by atoms with van der Waals surface area (Å²) in [6.45, 7) is 6.18. The molecule has 1 amide bonds. The van der Waals surface area contributed by atoms with E-state index in [0.717, 1.165) is 6.54 Å². The highest BCUT2D eigenvalue weighted by Gasteiger charge is 2.33. The van der Waals surface area contributed by atoms with Crippen LogP contribution in [0.25, 0.3) is 0 Å². The van der Waals surface area contributed by atoms with E-state index in [1.807, 2.05) is 13.8 Å². The van der Waals surface area contributed by atoms with Crippen molar-refractivity contribution in [2.24, 2.45) is 5.73 Å². The van der Waals surface area contributed by atoms with Crippen molar-refractivity contribution in [1.82, 2.24) is 4.90 Å². The summed E-state index contributed by atoms with van der Waals surface area (Å²) in [4.78, 5) is 15.9. The zero-order valence-electron chi connectivity index (χ0n) is 11.4. The van der Waals surface area contributed by atoms with Crippen molar-refractivity contribution in [3.05, 3.63) is 30.1 Å². The van der Waals surface area contributed by atoms with Gasteiger partial charge in [-0.25, -0.2) is 4.39 Å². The van der Waals surface area contributed by atoms with Gasteiger partial charge in [0.05, 0.1) is 6.54 Å². The second-order valence-electron chi connectivity index (χ2n) is 5.46. The Labute approximate surface area is 113 Å². The number of halogens is 1. The van der Waals surface area contributed by atoms with Crippen LogP contribution in [0.4, 0.5) is 10.1 Å². The fourth-order valence-electron chi connectivity index (χ4n) is 2.24. The van der Waals surface area contributed by atoms with E-state index in [1.165, 1.54) is 12.1 Å². The normalized spacial score (nSPS) is 17.9. The maximum Gasteiger partial charge on any atom is 0.241 e. The van der Waals surface area contributed by atoms with E-state index in [-0.39, 0.29) is 17.3 Å². The Morgan fingerprint density at radius 2 is 2.11 bits per heavy atom. The molecule has 1 saturated heterocycles. The van der Waals surface area contributed by atoms with E-state index < -0.39 is 0 Å². The second-order valence-corrected chi connectivity index (χ2v) is 5.46. The van der Waals surface area contributed by atoms with Gasteiger partial charge in [0.1, 0.15) is 5.82 Å². The summed E-state index contributed by atoms with van der Waals surface area (Å²) in [6.07, 6.45) is 0. The third-order valence-electron chi connectivity index (χ3n) is 3.70. The lowest BCUT2D eigenvalue weighted by atomic mass is 10.0. The minimum absolute atomic E-state index is 0.0154. The zero-order chi connectivity index (χ0) is 14.0. The number of anilines is 1. The molecule has 0 radical (unpaired) electrons. The Morgan fingerprint density at radius 1 is 1.37 bits per heavy atom. The number of rotatable bonds is 3. The fraction of sp³-hybridized carbons (Fsp3) is 0.500. The van der Waals surface area contributed by atoms with E-state index in [0.29, 0.717) is 25.3 Å². The molecular formula is C14H20FN3O. The van der Waals surface area contributed by atoms with Crippen LogP contribution in [0.3, 0.4) is 0 Å². The van der Waals surface area contributed by atoms with Crippen molar-refractivity contribution in [3.8, 4) is 0 Å². The number of nitrogens with two attached hydrogens (primary N) is 1. The first-order valence-electron chi connectivity index (χ1n) is 6.45. The van der Waals surface area contributed by atoms with Crippen LogP contribution in [-0.2, 0) is 4.79 Å². The standard InChI is InChI=1S/C14H20FN3O/c1-14(2,10-16)17-6-7-18(13(19)9-17)12-5-3-4-11(15)8-12/h3-5,8H,6-7,9-10,16H2,1-2H3. The van der Waals surface area contributed by atoms with Crippen LogP contribution < -0.4 is 10.6 Å². The number of benzene rings is 1. The monoisotopic (exact) mass is 265 g/mol. The Bertz CT molecular complexity index is 476. The average Bonchev–Trinajstić information content (AvgIpc) is 2.38. The molecular weight excluding hydrogens is 245 g/mol. The number of hydrogen-bond acceptors (Lipinski definition) is 3. The zero-order valence-corrected chi connectivity index (χ0v) is 11.4. The molecule has 0 aromatic heterocycles. The maximum absolute atomic E-state index is 13.2. The molecule has 1 aromatic carbocycles. The third kappa shape index (κ3) is 2.93. The van der Waals surface area contributed by atoms with E-state index in [4.69, 9.17) is 5.73 Å². The Kier molecular flexibility index (Phi) is 3.87. The molecule has 104 valence electrons. The van der Waals surface area contributed by atoms with Crippen molar-refractivity contribution in [2.75, 3.05) is 31.1 Å². The van der Waals surface area contributed by atoms with Gasteiger partial charge in [-0.05, 0) is 32.0 Å². The Hall–Kier alpha value is -1.46. The van der Waals surface area contributed by atoms with Gasteiger partial charge >= 0.3 is 0 Å². The molecule has 0 unspecified atom stereocenters. The molecule has 1 fully saturated rings. The molecule has 19 heavy (non-hydrogen) atoms. The predicted octanol–water partition coefficient (Wildman–Crippen LogP) is 1.21. The molecule has 1 aliphatic heterocycles. The number of carbonyl (C=O) groups excluding carboxylic acids is 1. The minimum atomic E-state index is -0.324. The first kappa shape index (κ1) is 14.0. The summed E-state index contributed by atoms with van der Waals surface area (Å²) in [6, 6.07) is 6.14. The lowest BCUT2D eigenvalue weighted by molar-refractivity contribution is -0.123. The van der Waals surface area contributed by atoms with Crippen LogP contribution in [0.5, 0.6) is 0 Å². The van der Waals surface area contributed by atoms with Gasteiger partial charge < -0.3 is 10.6 Å². The maximum atomic E-state index is 13.2. The first-order chi connectivity index (χ1) is 8.94. The third-order valence-corrected chi connectivity index (χ3v) is 3.70. The van der Waals surface area contributed by atoms with Gasteiger partial charge in [-0.2, -0.15) is 0 Å². The Morgan fingerprint density at radius 3 is 2.68 bits per heavy atom. The molecule has 1 heterocycles. The molecule has 1 aromatic rings. The summed E-state index contributed by atoms with van der Waals surface area (Å²) >= 11 is 0. The van der Waals surface area contributed by atoms with Gasteiger partial charge in [0.15, 0.2) is 0 Å². The molecule has 2 N–H and O–H groups in total. The molecule has 0 atom stereocenters. The number of amides is 1. The summed E-state index contributed by atoms with van der Waals surface area (Å²) in [5.74, 6) is -0.339. The number of hydrogen-bond donors (Lipinski definition) is 1. The average molecular weight is 265 g/mol. The van der Waals surface area contributed by atoms with Crippen LogP contribution in [0, 0.1) is 5.82 Å². The van der Waals surface area contributed by atoms with Crippen LogP contribution in [0.15, 0.2) is 24.3 Å². The quantitative estimate of drug-likeness (QED) is 0.893.